The van der Waals surface area contributed by atoms with Gasteiger partial charge in [-0.3, -0.25) is 14.4 Å². The van der Waals surface area contributed by atoms with E-state index in [1.54, 1.807) is 24.3 Å². The summed E-state index contributed by atoms with van der Waals surface area (Å²) >= 11 is 4.74. The Hall–Kier alpha value is -2.23. The van der Waals surface area contributed by atoms with Gasteiger partial charge in [-0.15, -0.1) is 11.3 Å². The van der Waals surface area contributed by atoms with Crippen LogP contribution < -0.4 is 9.62 Å². The highest BCUT2D eigenvalue weighted by Crippen LogP contribution is 2.28. The molecule has 9 heteroatoms. The van der Waals surface area contributed by atoms with E-state index >= 15 is 0 Å². The predicted octanol–water partition coefficient (Wildman–Crippen LogP) is 4.36. The van der Waals surface area contributed by atoms with Crippen LogP contribution in [0, 0.1) is 0 Å². The first-order chi connectivity index (χ1) is 13.4. The van der Waals surface area contributed by atoms with Gasteiger partial charge in [-0.1, -0.05) is 34.1 Å². The standard InChI is InChI=1S/C19H16BrN3O3S2/c20-15-7-5-13(6-8-15)17-12-27-19(21-17)22-18(24)14-3-1-4-16(11-14)23-9-2-10-28(23,25)26/h1,3-8,11-12H,2,9-10H2,(H,21,22,24). The number of aromatic nitrogens is 1. The average Bonchev–Trinajstić information content (AvgIpc) is 3.28. The lowest BCUT2D eigenvalue weighted by Gasteiger charge is -2.17. The molecule has 0 bridgehead atoms. The molecule has 2 aromatic carbocycles. The predicted molar refractivity (Wildman–Crippen MR) is 115 cm³/mol. The van der Waals surface area contributed by atoms with Crippen LogP contribution in [-0.2, 0) is 10.0 Å². The molecule has 0 radical (unpaired) electrons. The fourth-order valence-electron chi connectivity index (χ4n) is 2.99. The highest BCUT2D eigenvalue weighted by Gasteiger charge is 2.28. The van der Waals surface area contributed by atoms with Crippen molar-refractivity contribution in [1.82, 2.24) is 4.98 Å². The van der Waals surface area contributed by atoms with Crippen molar-refractivity contribution in [3.05, 3.63) is 63.9 Å². The molecule has 0 aliphatic carbocycles. The lowest BCUT2D eigenvalue weighted by Crippen LogP contribution is -2.25. The topological polar surface area (TPSA) is 79.4 Å². The van der Waals surface area contributed by atoms with E-state index in [0.29, 0.717) is 29.3 Å². The minimum atomic E-state index is -3.28. The number of nitrogens with one attached hydrogen (secondary N) is 1. The molecule has 1 aliphatic rings. The summed E-state index contributed by atoms with van der Waals surface area (Å²) in [6.07, 6.45) is 0.594. The third kappa shape index (κ3) is 3.96. The number of nitrogens with zero attached hydrogens (tertiary/aromatic N) is 2. The highest BCUT2D eigenvalue weighted by atomic mass is 79.9. The lowest BCUT2D eigenvalue weighted by molar-refractivity contribution is 0.102. The zero-order valence-corrected chi connectivity index (χ0v) is 17.9. The van der Waals surface area contributed by atoms with Crippen LogP contribution >= 0.6 is 27.3 Å². The van der Waals surface area contributed by atoms with Gasteiger partial charge >= 0.3 is 0 Å². The Kier molecular flexibility index (Phi) is 5.22. The van der Waals surface area contributed by atoms with Gasteiger partial charge in [0.2, 0.25) is 10.0 Å². The van der Waals surface area contributed by atoms with Gasteiger partial charge in [0.1, 0.15) is 0 Å². The Morgan fingerprint density at radius 2 is 1.96 bits per heavy atom. The molecular weight excluding hydrogens is 462 g/mol. The Labute approximate surface area is 175 Å². The van der Waals surface area contributed by atoms with Crippen molar-refractivity contribution in [1.29, 1.82) is 0 Å². The molecule has 4 rings (SSSR count). The SMILES string of the molecule is O=C(Nc1nc(-c2ccc(Br)cc2)cs1)c1cccc(N2CCCS2(=O)=O)c1. The number of rotatable bonds is 4. The zero-order chi connectivity index (χ0) is 19.7. The summed E-state index contributed by atoms with van der Waals surface area (Å²) in [5.74, 6) is -0.184. The molecule has 0 atom stereocenters. The second kappa shape index (κ2) is 7.65. The van der Waals surface area contributed by atoms with E-state index in [1.165, 1.54) is 15.6 Å². The van der Waals surface area contributed by atoms with Crippen LogP contribution in [0.15, 0.2) is 58.4 Å². The normalized spacial score (nSPS) is 15.5. The van der Waals surface area contributed by atoms with E-state index in [0.717, 1.165) is 15.7 Å². The molecule has 1 saturated heterocycles. The van der Waals surface area contributed by atoms with E-state index in [1.807, 2.05) is 29.6 Å². The molecule has 0 saturated carbocycles. The number of amides is 1. The van der Waals surface area contributed by atoms with Crippen molar-refractivity contribution >= 4 is 54.0 Å². The van der Waals surface area contributed by atoms with E-state index in [2.05, 4.69) is 26.2 Å². The van der Waals surface area contributed by atoms with Crippen molar-refractivity contribution in [3.63, 3.8) is 0 Å². The maximum atomic E-state index is 12.6. The quantitative estimate of drug-likeness (QED) is 0.604. The Bertz CT molecular complexity index is 1130. The lowest BCUT2D eigenvalue weighted by atomic mass is 10.2. The molecule has 1 aromatic heterocycles. The number of anilines is 2. The maximum absolute atomic E-state index is 12.6. The van der Waals surface area contributed by atoms with Gasteiger partial charge in [-0.2, -0.15) is 0 Å². The van der Waals surface area contributed by atoms with Crippen molar-refractivity contribution < 1.29 is 13.2 Å². The van der Waals surface area contributed by atoms with Crippen LogP contribution in [0.25, 0.3) is 11.3 Å². The maximum Gasteiger partial charge on any atom is 0.257 e. The molecule has 0 unspecified atom stereocenters. The molecule has 1 amide bonds. The third-order valence-corrected chi connectivity index (χ3v) is 7.52. The molecule has 2 heterocycles. The smallest absolute Gasteiger partial charge is 0.257 e. The minimum Gasteiger partial charge on any atom is -0.298 e. The average molecular weight is 478 g/mol. The molecule has 1 aliphatic heterocycles. The monoisotopic (exact) mass is 477 g/mol. The number of hydrogen-bond donors (Lipinski definition) is 1. The van der Waals surface area contributed by atoms with Crippen molar-refractivity contribution in [3.8, 4) is 11.3 Å². The van der Waals surface area contributed by atoms with E-state index in [-0.39, 0.29) is 11.7 Å². The molecule has 3 aromatic rings. The second-order valence-electron chi connectivity index (χ2n) is 6.29. The van der Waals surface area contributed by atoms with Gasteiger partial charge in [0.05, 0.1) is 17.1 Å². The summed E-state index contributed by atoms with van der Waals surface area (Å²) in [7, 11) is -3.28. The molecule has 1 N–H and O–H groups in total. The Morgan fingerprint density at radius 3 is 2.68 bits per heavy atom. The number of sulfonamides is 1. The molecular formula is C19H16BrN3O3S2. The van der Waals surface area contributed by atoms with Crippen LogP contribution in [0.3, 0.4) is 0 Å². The van der Waals surface area contributed by atoms with Crippen molar-refractivity contribution in [2.45, 2.75) is 6.42 Å². The van der Waals surface area contributed by atoms with Gasteiger partial charge in [0, 0.05) is 27.5 Å². The fraction of sp³-hybridized carbons (Fsp3) is 0.158. The molecule has 6 nitrogen and oxygen atoms in total. The second-order valence-corrected chi connectivity index (χ2v) is 10.1. The van der Waals surface area contributed by atoms with Crippen LogP contribution in [0.1, 0.15) is 16.8 Å². The number of halogens is 1. The summed E-state index contributed by atoms with van der Waals surface area (Å²) in [6.45, 7) is 0.441. The van der Waals surface area contributed by atoms with Gasteiger partial charge in [-0.25, -0.2) is 13.4 Å². The summed E-state index contributed by atoms with van der Waals surface area (Å²) in [6, 6.07) is 14.4. The molecule has 144 valence electrons. The van der Waals surface area contributed by atoms with Gasteiger partial charge < -0.3 is 0 Å². The number of hydrogen-bond acceptors (Lipinski definition) is 5. The van der Waals surface area contributed by atoms with Crippen molar-refractivity contribution in [2.75, 3.05) is 21.9 Å². The van der Waals surface area contributed by atoms with Crippen LogP contribution in [0.2, 0.25) is 0 Å². The number of benzene rings is 2. The third-order valence-electron chi connectivity index (χ3n) is 4.36. The number of carbonyl (C=O) groups excluding carboxylic acids is 1. The number of carbonyl (C=O) groups is 1. The van der Waals surface area contributed by atoms with Crippen LogP contribution in [-0.4, -0.2) is 31.6 Å². The fourth-order valence-corrected chi connectivity index (χ4v) is 5.52. The first-order valence-electron chi connectivity index (χ1n) is 8.56. The summed E-state index contributed by atoms with van der Waals surface area (Å²) in [4.78, 5) is 17.1. The van der Waals surface area contributed by atoms with E-state index < -0.39 is 10.0 Å². The summed E-state index contributed by atoms with van der Waals surface area (Å²) in [5, 5.41) is 5.16. The molecule has 1 fully saturated rings. The van der Waals surface area contributed by atoms with Gasteiger partial charge in [0.15, 0.2) is 5.13 Å². The Morgan fingerprint density at radius 1 is 1.18 bits per heavy atom. The van der Waals surface area contributed by atoms with E-state index in [4.69, 9.17) is 0 Å². The van der Waals surface area contributed by atoms with Crippen LogP contribution in [0.5, 0.6) is 0 Å². The summed E-state index contributed by atoms with van der Waals surface area (Å²) < 4.78 is 26.6. The summed E-state index contributed by atoms with van der Waals surface area (Å²) in [5.41, 5.74) is 2.64. The molecule has 0 spiro atoms. The minimum absolute atomic E-state index is 0.140. The zero-order valence-electron chi connectivity index (χ0n) is 14.6. The molecule has 28 heavy (non-hydrogen) atoms. The number of thiazole rings is 1. The Balaban J connectivity index is 1.52. The first-order valence-corrected chi connectivity index (χ1v) is 11.8. The van der Waals surface area contributed by atoms with Gasteiger partial charge in [0.25, 0.3) is 5.91 Å². The van der Waals surface area contributed by atoms with Gasteiger partial charge in [-0.05, 0) is 36.8 Å². The van der Waals surface area contributed by atoms with Crippen LogP contribution in [0.4, 0.5) is 10.8 Å². The largest absolute Gasteiger partial charge is 0.298 e. The van der Waals surface area contributed by atoms with E-state index in [9.17, 15) is 13.2 Å². The van der Waals surface area contributed by atoms with Crippen molar-refractivity contribution in [2.24, 2.45) is 0 Å². The highest BCUT2D eigenvalue weighted by molar-refractivity contribution is 9.10. The first kappa shape index (κ1) is 19.1.